The van der Waals surface area contributed by atoms with Crippen molar-refractivity contribution in [1.82, 2.24) is 4.90 Å². The number of carbonyl (C=O) groups is 2. The molecule has 21 heavy (non-hydrogen) atoms. The molecule has 0 saturated carbocycles. The van der Waals surface area contributed by atoms with Gasteiger partial charge in [-0.25, -0.2) is 4.39 Å². The van der Waals surface area contributed by atoms with E-state index in [0.29, 0.717) is 25.9 Å². The Bertz CT molecular complexity index is 527. The third kappa shape index (κ3) is 3.78. The molecule has 1 aliphatic rings. The average molecular weight is 293 g/mol. The summed E-state index contributed by atoms with van der Waals surface area (Å²) in [6, 6.07) is 5.70. The molecule has 2 rings (SSSR count). The van der Waals surface area contributed by atoms with Crippen LogP contribution in [0.3, 0.4) is 0 Å². The van der Waals surface area contributed by atoms with Gasteiger partial charge in [0.05, 0.1) is 11.7 Å². The van der Waals surface area contributed by atoms with E-state index in [4.69, 9.17) is 5.73 Å². The number of hydrogen-bond acceptors (Lipinski definition) is 3. The van der Waals surface area contributed by atoms with Gasteiger partial charge in [0.2, 0.25) is 11.8 Å². The molecule has 1 fully saturated rings. The highest BCUT2D eigenvalue weighted by Crippen LogP contribution is 2.20. The maximum absolute atomic E-state index is 13.5. The monoisotopic (exact) mass is 293 g/mol. The van der Waals surface area contributed by atoms with Gasteiger partial charge in [-0.1, -0.05) is 12.1 Å². The number of amides is 2. The minimum atomic E-state index is -0.453. The Kier molecular flexibility index (Phi) is 4.90. The molecule has 0 bridgehead atoms. The maximum atomic E-state index is 13.5. The van der Waals surface area contributed by atoms with Crippen molar-refractivity contribution < 1.29 is 14.0 Å². The summed E-state index contributed by atoms with van der Waals surface area (Å²) in [4.78, 5) is 25.3. The molecule has 5 nitrogen and oxygen atoms in total. The highest BCUT2D eigenvalue weighted by Gasteiger charge is 2.28. The first kappa shape index (κ1) is 15.4. The van der Waals surface area contributed by atoms with Crippen molar-refractivity contribution in [3.8, 4) is 0 Å². The molecule has 1 aliphatic heterocycles. The highest BCUT2D eigenvalue weighted by atomic mass is 19.1. The van der Waals surface area contributed by atoms with E-state index < -0.39 is 5.82 Å². The first-order chi connectivity index (χ1) is 9.99. The average Bonchev–Trinajstić information content (AvgIpc) is 2.49. The van der Waals surface area contributed by atoms with Gasteiger partial charge in [0, 0.05) is 5.92 Å². The van der Waals surface area contributed by atoms with Gasteiger partial charge in [-0.2, -0.15) is 0 Å². The molecule has 1 aromatic rings. The predicted octanol–water partition coefficient (Wildman–Crippen LogP) is 1.35. The van der Waals surface area contributed by atoms with Crippen LogP contribution < -0.4 is 11.1 Å². The van der Waals surface area contributed by atoms with Crippen LogP contribution in [0.1, 0.15) is 19.8 Å². The molecule has 2 amide bonds. The number of rotatable bonds is 4. The molecular weight excluding hydrogens is 273 g/mol. The largest absolute Gasteiger partial charge is 0.369 e. The lowest BCUT2D eigenvalue weighted by Gasteiger charge is -2.34. The number of para-hydroxylation sites is 1. The molecule has 1 heterocycles. The van der Waals surface area contributed by atoms with E-state index in [-0.39, 0.29) is 29.5 Å². The van der Waals surface area contributed by atoms with E-state index in [2.05, 4.69) is 5.32 Å². The Balaban J connectivity index is 1.92. The molecule has 114 valence electrons. The van der Waals surface area contributed by atoms with Crippen LogP contribution in [-0.2, 0) is 9.59 Å². The van der Waals surface area contributed by atoms with Gasteiger partial charge in [0.25, 0.3) is 0 Å². The molecule has 1 aromatic carbocycles. The summed E-state index contributed by atoms with van der Waals surface area (Å²) in [5, 5.41) is 2.59. The lowest BCUT2D eigenvalue weighted by molar-refractivity contribution is -0.124. The normalized spacial score (nSPS) is 18.2. The SMILES string of the molecule is CC(C(=O)Nc1ccccc1F)N1CCC(C(N)=O)CC1. The zero-order valence-corrected chi connectivity index (χ0v) is 12.0. The topological polar surface area (TPSA) is 75.4 Å². The smallest absolute Gasteiger partial charge is 0.241 e. The fourth-order valence-corrected chi connectivity index (χ4v) is 2.54. The summed E-state index contributed by atoms with van der Waals surface area (Å²) in [6.45, 7) is 3.06. The summed E-state index contributed by atoms with van der Waals surface area (Å²) >= 11 is 0. The van der Waals surface area contributed by atoms with Crippen LogP contribution in [0.4, 0.5) is 10.1 Å². The maximum Gasteiger partial charge on any atom is 0.241 e. The van der Waals surface area contributed by atoms with E-state index in [0.717, 1.165) is 0 Å². The van der Waals surface area contributed by atoms with Gasteiger partial charge in [0.15, 0.2) is 0 Å². The first-order valence-corrected chi connectivity index (χ1v) is 7.08. The van der Waals surface area contributed by atoms with E-state index in [1.54, 1.807) is 19.1 Å². The van der Waals surface area contributed by atoms with E-state index in [9.17, 15) is 14.0 Å². The van der Waals surface area contributed by atoms with Crippen molar-refractivity contribution in [2.75, 3.05) is 18.4 Å². The zero-order chi connectivity index (χ0) is 15.4. The molecule has 1 atom stereocenters. The summed E-state index contributed by atoms with van der Waals surface area (Å²) in [5.41, 5.74) is 5.47. The lowest BCUT2D eigenvalue weighted by Crippen LogP contribution is -2.47. The molecule has 0 aromatic heterocycles. The second-order valence-electron chi connectivity index (χ2n) is 5.36. The first-order valence-electron chi connectivity index (χ1n) is 7.08. The zero-order valence-electron chi connectivity index (χ0n) is 12.0. The molecule has 3 N–H and O–H groups in total. The highest BCUT2D eigenvalue weighted by molar-refractivity contribution is 5.94. The van der Waals surface area contributed by atoms with Crippen molar-refractivity contribution in [3.63, 3.8) is 0 Å². The summed E-state index contributed by atoms with van der Waals surface area (Å²) < 4.78 is 13.5. The molecule has 1 saturated heterocycles. The second-order valence-corrected chi connectivity index (χ2v) is 5.36. The fourth-order valence-electron chi connectivity index (χ4n) is 2.54. The summed E-state index contributed by atoms with van der Waals surface area (Å²) in [6.07, 6.45) is 1.32. The van der Waals surface area contributed by atoms with Gasteiger partial charge >= 0.3 is 0 Å². The number of nitrogens with zero attached hydrogens (tertiary/aromatic N) is 1. The number of hydrogen-bond donors (Lipinski definition) is 2. The molecule has 1 unspecified atom stereocenters. The Morgan fingerprint density at radius 2 is 1.95 bits per heavy atom. The number of halogens is 1. The number of primary amides is 1. The van der Waals surface area contributed by atoms with Crippen LogP contribution in [-0.4, -0.2) is 35.8 Å². The van der Waals surface area contributed by atoms with Crippen molar-refractivity contribution in [1.29, 1.82) is 0 Å². The van der Waals surface area contributed by atoms with Crippen molar-refractivity contribution in [2.45, 2.75) is 25.8 Å². The summed E-state index contributed by atoms with van der Waals surface area (Å²) in [5.74, 6) is -1.09. The van der Waals surface area contributed by atoms with Crippen LogP contribution in [0.25, 0.3) is 0 Å². The standard InChI is InChI=1S/C15H20FN3O2/c1-10(19-8-6-11(7-9-19)14(17)20)15(21)18-13-5-3-2-4-12(13)16/h2-5,10-11H,6-9H2,1H3,(H2,17,20)(H,18,21). The van der Waals surface area contributed by atoms with Crippen LogP contribution in [0.5, 0.6) is 0 Å². The van der Waals surface area contributed by atoms with Crippen LogP contribution >= 0.6 is 0 Å². The Hall–Kier alpha value is -1.95. The Morgan fingerprint density at radius 1 is 1.33 bits per heavy atom. The van der Waals surface area contributed by atoms with Crippen molar-refractivity contribution >= 4 is 17.5 Å². The second kappa shape index (κ2) is 6.67. The lowest BCUT2D eigenvalue weighted by atomic mass is 9.95. The molecule has 0 radical (unpaired) electrons. The van der Waals surface area contributed by atoms with E-state index in [1.165, 1.54) is 12.1 Å². The molecule has 0 spiro atoms. The number of nitrogens with one attached hydrogen (secondary N) is 1. The van der Waals surface area contributed by atoms with Gasteiger partial charge in [-0.05, 0) is 45.0 Å². The van der Waals surface area contributed by atoms with Gasteiger partial charge in [0.1, 0.15) is 5.82 Å². The quantitative estimate of drug-likeness (QED) is 0.880. The fraction of sp³-hybridized carbons (Fsp3) is 0.467. The number of anilines is 1. The number of piperidine rings is 1. The third-order valence-electron chi connectivity index (χ3n) is 3.99. The predicted molar refractivity (Wildman–Crippen MR) is 78.0 cm³/mol. The van der Waals surface area contributed by atoms with E-state index >= 15 is 0 Å². The van der Waals surface area contributed by atoms with E-state index in [1.807, 2.05) is 4.90 Å². The van der Waals surface area contributed by atoms with Gasteiger partial charge in [-0.15, -0.1) is 0 Å². The number of benzene rings is 1. The van der Waals surface area contributed by atoms with Crippen molar-refractivity contribution in [3.05, 3.63) is 30.1 Å². The minimum absolute atomic E-state index is 0.108. The Morgan fingerprint density at radius 3 is 2.52 bits per heavy atom. The number of likely N-dealkylation sites (tertiary alicyclic amines) is 1. The van der Waals surface area contributed by atoms with Crippen molar-refractivity contribution in [2.24, 2.45) is 11.7 Å². The number of nitrogens with two attached hydrogens (primary N) is 1. The van der Waals surface area contributed by atoms with Crippen LogP contribution in [0.15, 0.2) is 24.3 Å². The third-order valence-corrected chi connectivity index (χ3v) is 3.99. The number of carbonyl (C=O) groups excluding carboxylic acids is 2. The molecule has 0 aliphatic carbocycles. The van der Waals surface area contributed by atoms with Gasteiger partial charge in [-0.3, -0.25) is 14.5 Å². The van der Waals surface area contributed by atoms with Crippen LogP contribution in [0, 0.1) is 11.7 Å². The Labute approximate surface area is 123 Å². The molecule has 6 heteroatoms. The summed E-state index contributed by atoms with van der Waals surface area (Å²) in [7, 11) is 0. The van der Waals surface area contributed by atoms with Crippen LogP contribution in [0.2, 0.25) is 0 Å². The molecular formula is C15H20FN3O2. The minimum Gasteiger partial charge on any atom is -0.369 e. The van der Waals surface area contributed by atoms with Gasteiger partial charge < -0.3 is 11.1 Å².